The first-order valence-electron chi connectivity index (χ1n) is 5.62. The number of alkyl halides is 2. The summed E-state index contributed by atoms with van der Waals surface area (Å²) in [6, 6.07) is 1.59. The molecule has 1 rings (SSSR count). The summed E-state index contributed by atoms with van der Waals surface area (Å²) in [5.74, 6) is -1.80. The summed E-state index contributed by atoms with van der Waals surface area (Å²) in [6.45, 7) is -2.50. The molecule has 4 N–H and O–H groups in total. The molecule has 0 bridgehead atoms. The average Bonchev–Trinajstić information content (AvgIpc) is 2.38. The van der Waals surface area contributed by atoms with Crippen molar-refractivity contribution in [2.75, 3.05) is 11.9 Å². The number of aliphatic hydroxyl groups is 1. The van der Waals surface area contributed by atoms with Crippen LogP contribution in [0, 0.1) is 0 Å². The lowest BCUT2D eigenvalue weighted by Crippen LogP contribution is -2.47. The van der Waals surface area contributed by atoms with E-state index in [4.69, 9.17) is 5.11 Å². The van der Waals surface area contributed by atoms with Crippen molar-refractivity contribution in [3.63, 3.8) is 0 Å². The second kappa shape index (κ2) is 6.79. The predicted octanol–water partition coefficient (Wildman–Crippen LogP) is 0.640. The highest BCUT2D eigenvalue weighted by atomic mass is 19.3. The first-order chi connectivity index (χ1) is 9.70. The van der Waals surface area contributed by atoms with Gasteiger partial charge in [-0.15, -0.1) is 0 Å². The topological polar surface area (TPSA) is 121 Å². The summed E-state index contributed by atoms with van der Waals surface area (Å²) >= 11 is 0. The van der Waals surface area contributed by atoms with Crippen LogP contribution < -0.4 is 15.4 Å². The number of aromatic nitrogens is 1. The molecule has 1 aromatic heterocycles. The number of halogens is 2. The average molecular weight is 305 g/mol. The highest BCUT2D eigenvalue weighted by Crippen LogP contribution is 2.13. The summed E-state index contributed by atoms with van der Waals surface area (Å²) in [5, 5.41) is 22.4. The number of rotatable bonds is 6. The number of hydrogen-bond acceptors (Lipinski definition) is 5. The Bertz CT molecular complexity index is 507. The molecule has 1 heterocycles. The lowest BCUT2D eigenvalue weighted by atomic mass is 10.1. The Labute approximate surface area is 117 Å². The third-order valence-corrected chi connectivity index (χ3v) is 2.26. The fourth-order valence-corrected chi connectivity index (χ4v) is 1.12. The fourth-order valence-electron chi connectivity index (χ4n) is 1.12. The first kappa shape index (κ1) is 16.6. The van der Waals surface area contributed by atoms with Gasteiger partial charge in [0.2, 0.25) is 5.88 Å². The zero-order valence-corrected chi connectivity index (χ0v) is 10.8. The van der Waals surface area contributed by atoms with Gasteiger partial charge in [0.25, 0.3) is 0 Å². The molecular formula is C11H13F2N3O5. The second-order valence-electron chi connectivity index (χ2n) is 4.15. The van der Waals surface area contributed by atoms with E-state index in [1.54, 1.807) is 0 Å². The summed E-state index contributed by atoms with van der Waals surface area (Å²) < 4.78 is 27.8. The molecule has 0 aliphatic carbocycles. The summed E-state index contributed by atoms with van der Waals surface area (Å²) in [7, 11) is 0. The molecule has 0 radical (unpaired) electrons. The van der Waals surface area contributed by atoms with Crippen LogP contribution >= 0.6 is 0 Å². The highest BCUT2D eigenvalue weighted by Gasteiger charge is 2.30. The fraction of sp³-hybridized carbons (Fsp3) is 0.364. The van der Waals surface area contributed by atoms with Crippen LogP contribution in [0.3, 0.4) is 0 Å². The number of nitrogens with zero attached hydrogens (tertiary/aromatic N) is 1. The molecule has 116 valence electrons. The Hall–Kier alpha value is -2.49. The maximum absolute atomic E-state index is 11.9. The van der Waals surface area contributed by atoms with Gasteiger partial charge in [0.05, 0.1) is 18.4 Å². The van der Waals surface area contributed by atoms with Crippen LogP contribution in [0.1, 0.15) is 6.92 Å². The number of hydrogen-bond donors (Lipinski definition) is 4. The van der Waals surface area contributed by atoms with Gasteiger partial charge in [0, 0.05) is 6.07 Å². The predicted molar refractivity (Wildman–Crippen MR) is 66.2 cm³/mol. The van der Waals surface area contributed by atoms with E-state index in [0.717, 1.165) is 19.2 Å². The van der Waals surface area contributed by atoms with Gasteiger partial charge in [-0.1, -0.05) is 0 Å². The van der Waals surface area contributed by atoms with E-state index in [1.807, 2.05) is 0 Å². The molecule has 1 aromatic rings. The van der Waals surface area contributed by atoms with Crippen molar-refractivity contribution in [3.05, 3.63) is 18.3 Å². The highest BCUT2D eigenvalue weighted by molar-refractivity contribution is 5.89. The molecule has 8 nitrogen and oxygen atoms in total. The van der Waals surface area contributed by atoms with Crippen molar-refractivity contribution < 1.29 is 33.3 Å². The maximum atomic E-state index is 11.9. The number of pyridine rings is 1. The smallest absolute Gasteiger partial charge is 0.388 e. The van der Waals surface area contributed by atoms with Gasteiger partial charge in [0.15, 0.2) is 5.60 Å². The van der Waals surface area contributed by atoms with Gasteiger partial charge in [-0.3, -0.25) is 0 Å². The molecule has 0 aromatic carbocycles. The zero-order valence-electron chi connectivity index (χ0n) is 10.8. The number of carboxylic acid groups (broad SMARTS) is 1. The maximum Gasteiger partial charge on any atom is 0.388 e. The van der Waals surface area contributed by atoms with Crippen molar-refractivity contribution in [1.82, 2.24) is 10.3 Å². The molecule has 21 heavy (non-hydrogen) atoms. The molecule has 0 spiro atoms. The molecule has 0 saturated heterocycles. The minimum absolute atomic E-state index is 0.170. The van der Waals surface area contributed by atoms with Crippen LogP contribution in [0.5, 0.6) is 5.88 Å². The number of carbonyl (C=O) groups excluding carboxylic acids is 1. The molecule has 10 heteroatoms. The standard InChI is InChI=1S/C11H13F2N3O5/c1-11(20,8(17)18)5-15-10(19)16-6-2-3-7(14-4-6)21-9(12)13/h2-4,9,20H,5H2,1H3,(H,17,18)(H2,15,16,19). The van der Waals surface area contributed by atoms with Crippen LogP contribution in [0.25, 0.3) is 0 Å². The third-order valence-electron chi connectivity index (χ3n) is 2.26. The minimum atomic E-state index is -3.00. The van der Waals surface area contributed by atoms with Gasteiger partial charge in [-0.2, -0.15) is 8.78 Å². The lowest BCUT2D eigenvalue weighted by molar-refractivity contribution is -0.155. The third kappa shape index (κ3) is 5.57. The monoisotopic (exact) mass is 305 g/mol. The van der Waals surface area contributed by atoms with Crippen molar-refractivity contribution in [2.24, 2.45) is 0 Å². The SMILES string of the molecule is CC(O)(CNC(=O)Nc1ccc(OC(F)F)nc1)C(=O)O. The number of carbonyl (C=O) groups is 2. The van der Waals surface area contributed by atoms with Gasteiger partial charge in [-0.05, 0) is 13.0 Å². The Morgan fingerprint density at radius 3 is 2.62 bits per heavy atom. The van der Waals surface area contributed by atoms with Crippen molar-refractivity contribution in [3.8, 4) is 5.88 Å². The summed E-state index contributed by atoms with van der Waals surface area (Å²) in [4.78, 5) is 25.6. The van der Waals surface area contributed by atoms with E-state index in [-0.39, 0.29) is 11.6 Å². The molecule has 1 atom stereocenters. The minimum Gasteiger partial charge on any atom is -0.479 e. The van der Waals surface area contributed by atoms with Gasteiger partial charge in [0.1, 0.15) is 0 Å². The summed E-state index contributed by atoms with van der Waals surface area (Å²) in [5.41, 5.74) is -1.94. The van der Waals surface area contributed by atoms with Crippen molar-refractivity contribution >= 4 is 17.7 Å². The number of amides is 2. The quantitative estimate of drug-likeness (QED) is 0.612. The normalized spacial score (nSPS) is 13.4. The first-order valence-corrected chi connectivity index (χ1v) is 5.62. The van der Waals surface area contributed by atoms with Crippen LogP contribution in [0.15, 0.2) is 18.3 Å². The van der Waals surface area contributed by atoms with E-state index in [1.165, 1.54) is 6.07 Å². The van der Waals surface area contributed by atoms with E-state index in [0.29, 0.717) is 0 Å². The van der Waals surface area contributed by atoms with E-state index in [2.05, 4.69) is 20.4 Å². The van der Waals surface area contributed by atoms with Crippen LogP contribution in [0.4, 0.5) is 19.3 Å². The number of ether oxygens (including phenoxy) is 1. The molecular weight excluding hydrogens is 292 g/mol. The Morgan fingerprint density at radius 2 is 2.14 bits per heavy atom. The number of nitrogens with one attached hydrogen (secondary N) is 2. The van der Waals surface area contributed by atoms with Crippen molar-refractivity contribution in [1.29, 1.82) is 0 Å². The number of aliphatic carboxylic acids is 1. The van der Waals surface area contributed by atoms with Crippen LogP contribution in [0.2, 0.25) is 0 Å². The van der Waals surface area contributed by atoms with E-state index < -0.39 is 30.8 Å². The Balaban J connectivity index is 2.50. The van der Waals surface area contributed by atoms with Gasteiger partial charge in [-0.25, -0.2) is 14.6 Å². The Morgan fingerprint density at radius 1 is 1.48 bits per heavy atom. The van der Waals surface area contributed by atoms with E-state index >= 15 is 0 Å². The number of anilines is 1. The van der Waals surface area contributed by atoms with Crippen molar-refractivity contribution in [2.45, 2.75) is 19.1 Å². The Kier molecular flexibility index (Phi) is 5.36. The van der Waals surface area contributed by atoms with Gasteiger partial charge < -0.3 is 25.6 Å². The van der Waals surface area contributed by atoms with Crippen LogP contribution in [-0.4, -0.2) is 46.0 Å². The van der Waals surface area contributed by atoms with E-state index in [9.17, 15) is 23.5 Å². The molecule has 0 saturated carbocycles. The molecule has 0 fully saturated rings. The second-order valence-corrected chi connectivity index (χ2v) is 4.15. The molecule has 2 amide bonds. The largest absolute Gasteiger partial charge is 0.479 e. The number of carboxylic acids is 1. The number of urea groups is 1. The van der Waals surface area contributed by atoms with Gasteiger partial charge >= 0.3 is 18.6 Å². The molecule has 0 aliphatic rings. The molecule has 0 aliphatic heterocycles. The lowest BCUT2D eigenvalue weighted by Gasteiger charge is -2.18. The van der Waals surface area contributed by atoms with Crippen LogP contribution in [-0.2, 0) is 4.79 Å². The zero-order chi connectivity index (χ0) is 16.0. The summed E-state index contributed by atoms with van der Waals surface area (Å²) in [6.07, 6.45) is 1.08. The molecule has 1 unspecified atom stereocenters.